The van der Waals surface area contributed by atoms with Gasteiger partial charge in [0, 0.05) is 0 Å². The van der Waals surface area contributed by atoms with E-state index in [2.05, 4.69) is 0 Å². The van der Waals surface area contributed by atoms with Gasteiger partial charge in [-0.05, 0) is 0 Å². The van der Waals surface area contributed by atoms with Crippen LogP contribution in [0.25, 0.3) is 0 Å². The summed E-state index contributed by atoms with van der Waals surface area (Å²) in [6, 6.07) is 0. The lowest BCUT2D eigenvalue weighted by Crippen LogP contribution is -2.64. The van der Waals surface area contributed by atoms with Gasteiger partial charge in [-0.25, -0.2) is 0 Å². The van der Waals surface area contributed by atoms with E-state index < -0.39 is 74.6 Å². The van der Waals surface area contributed by atoms with Crippen molar-refractivity contribution in [3.8, 4) is 0 Å². The van der Waals surface area contributed by atoms with Gasteiger partial charge in [-0.3, -0.25) is 0 Å². The van der Waals surface area contributed by atoms with Gasteiger partial charge in [0.1, 0.15) is 48.8 Å². The van der Waals surface area contributed by atoms with Crippen molar-refractivity contribution in [1.29, 1.82) is 0 Å². The number of rotatable bonds is 4. The van der Waals surface area contributed by atoms with Crippen molar-refractivity contribution < 1.29 is 55.1 Å². The standard InChI is InChI=1S/C12H22O11/c13-1-3-5(15)6(16)9(19)12(22-3)23-10-4(2-14)21-11(20)8(18)7(10)17/h3-20H,1-2H2/t3-,4-,5+,6+,7-,8-,9-,10+,11?,12-/m1/s1. The molecule has 0 aliphatic carbocycles. The Morgan fingerprint density at radius 2 is 1.26 bits per heavy atom. The lowest BCUT2D eigenvalue weighted by Gasteiger charge is -2.45. The maximum Gasteiger partial charge on any atom is 0.187 e. The Balaban J connectivity index is 2.11. The summed E-state index contributed by atoms with van der Waals surface area (Å²) in [5, 5.41) is 76.5. The first-order valence-electron chi connectivity index (χ1n) is 7.08. The molecule has 0 aromatic heterocycles. The van der Waals surface area contributed by atoms with Gasteiger partial charge in [-0.15, -0.1) is 0 Å². The summed E-state index contributed by atoms with van der Waals surface area (Å²) in [6.07, 6.45) is -15.6. The number of aliphatic hydroxyl groups excluding tert-OH is 8. The average Bonchev–Trinajstić information content (AvgIpc) is 2.55. The second kappa shape index (κ2) is 7.63. The van der Waals surface area contributed by atoms with Crippen LogP contribution >= 0.6 is 0 Å². The molecule has 0 spiro atoms. The van der Waals surface area contributed by atoms with Crippen LogP contribution in [0.4, 0.5) is 0 Å². The Kier molecular flexibility index (Phi) is 6.27. The van der Waals surface area contributed by atoms with Crippen molar-refractivity contribution in [1.82, 2.24) is 0 Å². The fourth-order valence-electron chi connectivity index (χ4n) is 2.57. The predicted octanol–water partition coefficient (Wildman–Crippen LogP) is -5.40. The molecule has 8 N–H and O–H groups in total. The molecular formula is C12H22O11. The van der Waals surface area contributed by atoms with Crippen LogP contribution in [0.2, 0.25) is 0 Å². The molecule has 2 aliphatic rings. The summed E-state index contributed by atoms with van der Waals surface area (Å²) in [5.74, 6) is 0. The van der Waals surface area contributed by atoms with Crippen LogP contribution in [0.5, 0.6) is 0 Å². The Bertz CT molecular complexity index is 378. The zero-order chi connectivity index (χ0) is 17.3. The van der Waals surface area contributed by atoms with E-state index in [4.69, 9.17) is 19.3 Å². The van der Waals surface area contributed by atoms with E-state index in [1.165, 1.54) is 0 Å². The zero-order valence-corrected chi connectivity index (χ0v) is 12.0. The van der Waals surface area contributed by atoms with E-state index in [9.17, 15) is 35.7 Å². The number of hydrogen-bond acceptors (Lipinski definition) is 11. The molecule has 2 rings (SSSR count). The second-order valence-electron chi connectivity index (χ2n) is 5.53. The highest BCUT2D eigenvalue weighted by Crippen LogP contribution is 2.28. The molecule has 11 nitrogen and oxygen atoms in total. The van der Waals surface area contributed by atoms with Crippen LogP contribution < -0.4 is 0 Å². The molecule has 2 aliphatic heterocycles. The Morgan fingerprint density at radius 1 is 0.652 bits per heavy atom. The molecule has 0 aromatic carbocycles. The van der Waals surface area contributed by atoms with Crippen molar-refractivity contribution >= 4 is 0 Å². The van der Waals surface area contributed by atoms with E-state index in [1.54, 1.807) is 0 Å². The van der Waals surface area contributed by atoms with Crippen LogP contribution in [-0.4, -0.2) is 115 Å². The molecule has 136 valence electrons. The third-order valence-electron chi connectivity index (χ3n) is 3.98. The Labute approximate surface area is 130 Å². The first-order valence-corrected chi connectivity index (χ1v) is 7.08. The minimum atomic E-state index is -1.74. The normalized spacial score (nSPS) is 51.7. The highest BCUT2D eigenvalue weighted by Gasteiger charge is 2.50. The van der Waals surface area contributed by atoms with Gasteiger partial charge in [-0.2, -0.15) is 0 Å². The summed E-state index contributed by atoms with van der Waals surface area (Å²) in [5.41, 5.74) is 0. The molecule has 2 heterocycles. The molecule has 10 atom stereocenters. The van der Waals surface area contributed by atoms with Gasteiger partial charge >= 0.3 is 0 Å². The minimum Gasteiger partial charge on any atom is -0.394 e. The minimum absolute atomic E-state index is 0.667. The number of aliphatic hydroxyl groups is 8. The van der Waals surface area contributed by atoms with Crippen molar-refractivity contribution in [3.05, 3.63) is 0 Å². The van der Waals surface area contributed by atoms with Gasteiger partial charge in [0.15, 0.2) is 12.6 Å². The molecule has 11 heteroatoms. The Morgan fingerprint density at radius 3 is 1.83 bits per heavy atom. The molecule has 0 amide bonds. The molecule has 0 bridgehead atoms. The maximum absolute atomic E-state index is 9.94. The smallest absolute Gasteiger partial charge is 0.187 e. The summed E-state index contributed by atoms with van der Waals surface area (Å²) >= 11 is 0. The van der Waals surface area contributed by atoms with Gasteiger partial charge in [0.25, 0.3) is 0 Å². The highest BCUT2D eigenvalue weighted by molar-refractivity contribution is 4.93. The van der Waals surface area contributed by atoms with Crippen molar-refractivity contribution in [3.63, 3.8) is 0 Å². The third-order valence-corrected chi connectivity index (χ3v) is 3.98. The summed E-state index contributed by atoms with van der Waals surface area (Å²) in [7, 11) is 0. The highest BCUT2D eigenvalue weighted by atomic mass is 16.7. The van der Waals surface area contributed by atoms with Crippen LogP contribution in [-0.2, 0) is 14.2 Å². The van der Waals surface area contributed by atoms with E-state index in [1.807, 2.05) is 0 Å². The molecule has 0 radical (unpaired) electrons. The third kappa shape index (κ3) is 3.65. The quantitative estimate of drug-likeness (QED) is 0.243. The maximum atomic E-state index is 9.94. The van der Waals surface area contributed by atoms with Crippen LogP contribution in [0.3, 0.4) is 0 Å². The van der Waals surface area contributed by atoms with E-state index in [0.717, 1.165) is 0 Å². The molecular weight excluding hydrogens is 320 g/mol. The zero-order valence-electron chi connectivity index (χ0n) is 12.0. The molecule has 2 fully saturated rings. The monoisotopic (exact) mass is 342 g/mol. The van der Waals surface area contributed by atoms with Gasteiger partial charge < -0.3 is 55.1 Å². The topological polar surface area (TPSA) is 190 Å². The number of hydrogen-bond donors (Lipinski definition) is 8. The molecule has 23 heavy (non-hydrogen) atoms. The van der Waals surface area contributed by atoms with E-state index in [0.29, 0.717) is 0 Å². The van der Waals surface area contributed by atoms with E-state index in [-0.39, 0.29) is 0 Å². The largest absolute Gasteiger partial charge is 0.394 e. The summed E-state index contributed by atoms with van der Waals surface area (Å²) < 4.78 is 15.3. The van der Waals surface area contributed by atoms with Crippen LogP contribution in [0, 0.1) is 0 Å². The van der Waals surface area contributed by atoms with Gasteiger partial charge in [-0.1, -0.05) is 0 Å². The molecule has 0 aromatic rings. The van der Waals surface area contributed by atoms with Crippen LogP contribution in [0.1, 0.15) is 0 Å². The first-order chi connectivity index (χ1) is 10.8. The fourth-order valence-corrected chi connectivity index (χ4v) is 2.57. The average molecular weight is 342 g/mol. The molecule has 0 saturated carbocycles. The molecule has 1 unspecified atom stereocenters. The van der Waals surface area contributed by atoms with E-state index >= 15 is 0 Å². The lowest BCUT2D eigenvalue weighted by atomic mass is 9.97. The predicted molar refractivity (Wildman–Crippen MR) is 68.6 cm³/mol. The first kappa shape index (κ1) is 18.9. The van der Waals surface area contributed by atoms with Crippen molar-refractivity contribution in [2.75, 3.05) is 13.2 Å². The van der Waals surface area contributed by atoms with Gasteiger partial charge in [0.05, 0.1) is 13.2 Å². The molecule has 2 saturated heterocycles. The van der Waals surface area contributed by atoms with Crippen LogP contribution in [0.15, 0.2) is 0 Å². The lowest BCUT2D eigenvalue weighted by molar-refractivity contribution is -0.355. The van der Waals surface area contributed by atoms with Crippen molar-refractivity contribution in [2.45, 2.75) is 61.4 Å². The SMILES string of the molecule is OC[C@H]1O[C@H](O[C@@H]2[C@H](O)[C@@H](O)C(O)O[C@@H]2CO)[C@H](O)[C@@H](O)[C@H]1O. The number of ether oxygens (including phenoxy) is 3. The van der Waals surface area contributed by atoms with Gasteiger partial charge in [0.2, 0.25) is 0 Å². The second-order valence-corrected chi connectivity index (χ2v) is 5.53. The fraction of sp³-hybridized carbons (Fsp3) is 1.00. The van der Waals surface area contributed by atoms with Crippen molar-refractivity contribution in [2.24, 2.45) is 0 Å². The summed E-state index contributed by atoms with van der Waals surface area (Å²) in [4.78, 5) is 0. The Hall–Kier alpha value is -0.440. The summed E-state index contributed by atoms with van der Waals surface area (Å²) in [6.45, 7) is -1.35.